The lowest BCUT2D eigenvalue weighted by Crippen LogP contribution is -2.39. The Morgan fingerprint density at radius 3 is 2.83 bits per heavy atom. The van der Waals surface area contributed by atoms with Crippen LogP contribution in [0.1, 0.15) is 56.5 Å². The summed E-state index contributed by atoms with van der Waals surface area (Å²) in [4.78, 5) is 8.63. The van der Waals surface area contributed by atoms with Crippen molar-refractivity contribution in [2.24, 2.45) is 5.73 Å². The highest BCUT2D eigenvalue weighted by Crippen LogP contribution is 2.32. The van der Waals surface area contributed by atoms with Crippen molar-refractivity contribution in [3.63, 3.8) is 0 Å². The summed E-state index contributed by atoms with van der Waals surface area (Å²) in [6.45, 7) is 6.24. The lowest BCUT2D eigenvalue weighted by Gasteiger charge is -2.35. The number of aromatic nitrogens is 1. The van der Waals surface area contributed by atoms with Crippen LogP contribution < -0.4 is 10.6 Å². The van der Waals surface area contributed by atoms with E-state index in [-0.39, 0.29) is 0 Å². The van der Waals surface area contributed by atoms with E-state index < -0.39 is 0 Å². The standard InChI is InChI=1S/C14H25N3S/c1-3-7-11-8-5-6-9-17(11)14-16-12(4-2)13(10-15)18-14/h11H,3-10,15H2,1-2H3. The zero-order chi connectivity index (χ0) is 13.0. The Balaban J connectivity index is 2.19. The molecule has 0 aliphatic carbocycles. The van der Waals surface area contributed by atoms with Crippen molar-refractivity contribution in [2.45, 2.75) is 65.0 Å². The summed E-state index contributed by atoms with van der Waals surface area (Å²) in [5.74, 6) is 0. The highest BCUT2D eigenvalue weighted by molar-refractivity contribution is 7.15. The molecule has 1 fully saturated rings. The van der Waals surface area contributed by atoms with Crippen molar-refractivity contribution in [3.05, 3.63) is 10.6 Å². The zero-order valence-corrected chi connectivity index (χ0v) is 12.4. The molecule has 3 nitrogen and oxygen atoms in total. The van der Waals surface area contributed by atoms with E-state index in [2.05, 4.69) is 18.7 Å². The van der Waals surface area contributed by atoms with E-state index in [4.69, 9.17) is 10.7 Å². The van der Waals surface area contributed by atoms with E-state index in [0.29, 0.717) is 12.6 Å². The molecule has 0 bridgehead atoms. The SMILES string of the molecule is CCCC1CCCCN1c1nc(CC)c(CN)s1. The summed E-state index contributed by atoms with van der Waals surface area (Å²) in [5.41, 5.74) is 7.02. The van der Waals surface area contributed by atoms with Crippen molar-refractivity contribution in [3.8, 4) is 0 Å². The second kappa shape index (κ2) is 6.53. The predicted molar refractivity (Wildman–Crippen MR) is 79.3 cm³/mol. The molecule has 1 aliphatic rings. The maximum atomic E-state index is 5.81. The Morgan fingerprint density at radius 2 is 2.22 bits per heavy atom. The van der Waals surface area contributed by atoms with Crippen LogP contribution in [0, 0.1) is 0 Å². The van der Waals surface area contributed by atoms with Crippen LogP contribution in [0.4, 0.5) is 5.13 Å². The third-order valence-corrected chi connectivity index (χ3v) is 4.94. The van der Waals surface area contributed by atoms with E-state index >= 15 is 0 Å². The molecule has 0 aromatic carbocycles. The van der Waals surface area contributed by atoms with Gasteiger partial charge in [-0.3, -0.25) is 0 Å². The molecule has 2 heterocycles. The van der Waals surface area contributed by atoms with Crippen LogP contribution in [0.2, 0.25) is 0 Å². The molecule has 1 aromatic heterocycles. The van der Waals surface area contributed by atoms with E-state index in [9.17, 15) is 0 Å². The second-order valence-corrected chi connectivity index (χ2v) is 6.12. The molecule has 0 radical (unpaired) electrons. The van der Waals surface area contributed by atoms with Crippen molar-refractivity contribution in [1.29, 1.82) is 0 Å². The smallest absolute Gasteiger partial charge is 0.186 e. The molecule has 0 amide bonds. The molecular weight excluding hydrogens is 242 g/mol. The van der Waals surface area contributed by atoms with Crippen LogP contribution >= 0.6 is 11.3 Å². The number of rotatable bonds is 5. The van der Waals surface area contributed by atoms with E-state index in [0.717, 1.165) is 6.42 Å². The van der Waals surface area contributed by atoms with E-state index in [1.54, 1.807) is 0 Å². The van der Waals surface area contributed by atoms with Crippen molar-refractivity contribution in [2.75, 3.05) is 11.4 Å². The van der Waals surface area contributed by atoms with E-state index in [1.807, 2.05) is 11.3 Å². The highest BCUT2D eigenvalue weighted by Gasteiger charge is 2.25. The Labute approximate surface area is 114 Å². The normalized spacial score (nSPS) is 20.4. The first kappa shape index (κ1) is 13.8. The number of hydrogen-bond acceptors (Lipinski definition) is 4. The van der Waals surface area contributed by atoms with Gasteiger partial charge in [0.1, 0.15) is 0 Å². The van der Waals surface area contributed by atoms with Gasteiger partial charge in [-0.25, -0.2) is 4.98 Å². The maximum Gasteiger partial charge on any atom is 0.186 e. The molecular formula is C14H25N3S. The molecule has 1 atom stereocenters. The zero-order valence-electron chi connectivity index (χ0n) is 11.6. The first-order chi connectivity index (χ1) is 8.80. The minimum Gasteiger partial charge on any atom is -0.345 e. The largest absolute Gasteiger partial charge is 0.345 e. The molecule has 102 valence electrons. The van der Waals surface area contributed by atoms with Gasteiger partial charge in [0.2, 0.25) is 0 Å². The van der Waals surface area contributed by atoms with Crippen LogP contribution in [-0.4, -0.2) is 17.6 Å². The second-order valence-electron chi connectivity index (χ2n) is 5.06. The monoisotopic (exact) mass is 267 g/mol. The number of anilines is 1. The van der Waals surface area contributed by atoms with Gasteiger partial charge in [-0.15, -0.1) is 11.3 Å². The lowest BCUT2D eigenvalue weighted by atomic mass is 9.99. The molecule has 4 heteroatoms. The Bertz CT molecular complexity index is 352. The van der Waals surface area contributed by atoms with Gasteiger partial charge in [0.15, 0.2) is 5.13 Å². The number of nitrogens with zero attached hydrogens (tertiary/aromatic N) is 2. The van der Waals surface area contributed by atoms with Crippen LogP contribution in [-0.2, 0) is 13.0 Å². The summed E-state index contributed by atoms with van der Waals surface area (Å²) >= 11 is 1.81. The fraction of sp³-hybridized carbons (Fsp3) is 0.786. The topological polar surface area (TPSA) is 42.2 Å². The van der Waals surface area contributed by atoms with Crippen molar-refractivity contribution in [1.82, 2.24) is 4.98 Å². The lowest BCUT2D eigenvalue weighted by molar-refractivity contribution is 0.434. The van der Waals surface area contributed by atoms with Gasteiger partial charge >= 0.3 is 0 Å². The average Bonchev–Trinajstić information content (AvgIpc) is 2.83. The third-order valence-electron chi connectivity index (χ3n) is 3.78. The molecule has 0 saturated carbocycles. The van der Waals surface area contributed by atoms with Gasteiger partial charge < -0.3 is 10.6 Å². The summed E-state index contributed by atoms with van der Waals surface area (Å²) in [6.07, 6.45) is 7.55. The molecule has 18 heavy (non-hydrogen) atoms. The molecule has 2 N–H and O–H groups in total. The fourth-order valence-electron chi connectivity index (χ4n) is 2.81. The molecule has 0 spiro atoms. The van der Waals surface area contributed by atoms with Gasteiger partial charge in [-0.2, -0.15) is 0 Å². The minimum atomic E-state index is 0.632. The number of aryl methyl sites for hydroxylation is 1. The fourth-order valence-corrected chi connectivity index (χ4v) is 3.94. The Kier molecular flexibility index (Phi) is 5.01. The first-order valence-corrected chi connectivity index (χ1v) is 8.07. The summed E-state index contributed by atoms with van der Waals surface area (Å²) < 4.78 is 0. The van der Waals surface area contributed by atoms with Crippen LogP contribution in [0.25, 0.3) is 0 Å². The molecule has 1 aromatic rings. The van der Waals surface area contributed by atoms with Crippen LogP contribution in [0.15, 0.2) is 0 Å². The Morgan fingerprint density at radius 1 is 1.39 bits per heavy atom. The summed E-state index contributed by atoms with van der Waals surface area (Å²) in [6, 6.07) is 0.699. The highest BCUT2D eigenvalue weighted by atomic mass is 32.1. The van der Waals surface area contributed by atoms with Gasteiger partial charge in [0.05, 0.1) is 5.69 Å². The quantitative estimate of drug-likeness (QED) is 0.890. The van der Waals surface area contributed by atoms with Crippen LogP contribution in [0.3, 0.4) is 0 Å². The van der Waals surface area contributed by atoms with Gasteiger partial charge in [-0.1, -0.05) is 20.3 Å². The minimum absolute atomic E-state index is 0.632. The maximum absolute atomic E-state index is 5.81. The molecule has 1 aliphatic heterocycles. The number of hydrogen-bond donors (Lipinski definition) is 1. The summed E-state index contributed by atoms with van der Waals surface area (Å²) in [5, 5.41) is 1.21. The molecule has 1 unspecified atom stereocenters. The molecule has 2 rings (SSSR count). The third kappa shape index (κ3) is 2.86. The van der Waals surface area contributed by atoms with Gasteiger partial charge in [-0.05, 0) is 32.1 Å². The van der Waals surface area contributed by atoms with Crippen molar-refractivity contribution >= 4 is 16.5 Å². The summed E-state index contributed by atoms with van der Waals surface area (Å²) in [7, 11) is 0. The van der Waals surface area contributed by atoms with Crippen molar-refractivity contribution < 1.29 is 0 Å². The average molecular weight is 267 g/mol. The molecule has 1 saturated heterocycles. The van der Waals surface area contributed by atoms with Gasteiger partial charge in [0, 0.05) is 24.0 Å². The predicted octanol–water partition coefficient (Wildman–Crippen LogP) is 3.32. The van der Waals surface area contributed by atoms with E-state index in [1.165, 1.54) is 54.4 Å². The number of thiazole rings is 1. The van der Waals surface area contributed by atoms with Gasteiger partial charge in [0.25, 0.3) is 0 Å². The Hall–Kier alpha value is -0.610. The number of nitrogens with two attached hydrogens (primary N) is 1. The number of piperidine rings is 1. The first-order valence-electron chi connectivity index (χ1n) is 7.25. The van der Waals surface area contributed by atoms with Crippen LogP contribution in [0.5, 0.6) is 0 Å².